The summed E-state index contributed by atoms with van der Waals surface area (Å²) in [5.41, 5.74) is -0.408. The molecule has 1 aliphatic rings. The van der Waals surface area contributed by atoms with Crippen LogP contribution in [0.1, 0.15) is 51.9 Å². The Balaban J connectivity index is 2.43. The van der Waals surface area contributed by atoms with E-state index in [4.69, 9.17) is 4.74 Å². The van der Waals surface area contributed by atoms with Crippen molar-refractivity contribution in [1.29, 1.82) is 0 Å². The lowest BCUT2D eigenvalue weighted by Crippen LogP contribution is -2.36. The minimum absolute atomic E-state index is 0.376. The van der Waals surface area contributed by atoms with Gasteiger partial charge >= 0.3 is 0 Å². The van der Waals surface area contributed by atoms with Gasteiger partial charge in [0.25, 0.3) is 0 Å². The largest absolute Gasteiger partial charge is 0.390 e. The lowest BCUT2D eigenvalue weighted by Gasteiger charge is -2.33. The number of hydrogen-bond donors (Lipinski definition) is 1. The van der Waals surface area contributed by atoms with Crippen molar-refractivity contribution in [2.75, 3.05) is 13.7 Å². The SMILES string of the molecule is COCCC(C)C1(O)CCCCCC1. The van der Waals surface area contributed by atoms with Crippen molar-refractivity contribution in [3.63, 3.8) is 0 Å². The highest BCUT2D eigenvalue weighted by Crippen LogP contribution is 2.34. The van der Waals surface area contributed by atoms with Crippen molar-refractivity contribution in [1.82, 2.24) is 0 Å². The lowest BCUT2D eigenvalue weighted by atomic mass is 9.81. The van der Waals surface area contributed by atoms with E-state index in [1.165, 1.54) is 25.7 Å². The molecule has 0 amide bonds. The maximum Gasteiger partial charge on any atom is 0.0674 e. The molecule has 84 valence electrons. The monoisotopic (exact) mass is 200 g/mol. The van der Waals surface area contributed by atoms with Crippen molar-refractivity contribution in [3.05, 3.63) is 0 Å². The van der Waals surface area contributed by atoms with Crippen LogP contribution in [0.4, 0.5) is 0 Å². The van der Waals surface area contributed by atoms with Gasteiger partial charge in [-0.2, -0.15) is 0 Å². The Bertz CT molecular complexity index is 148. The van der Waals surface area contributed by atoms with Gasteiger partial charge in [0.1, 0.15) is 0 Å². The first-order valence-electron chi connectivity index (χ1n) is 5.90. The predicted molar refractivity (Wildman–Crippen MR) is 58.3 cm³/mol. The third-order valence-electron chi connectivity index (χ3n) is 3.64. The fourth-order valence-corrected chi connectivity index (χ4v) is 2.40. The third-order valence-corrected chi connectivity index (χ3v) is 3.64. The summed E-state index contributed by atoms with van der Waals surface area (Å²) < 4.78 is 5.07. The van der Waals surface area contributed by atoms with Crippen LogP contribution >= 0.6 is 0 Å². The van der Waals surface area contributed by atoms with Crippen molar-refractivity contribution in [2.45, 2.75) is 57.5 Å². The maximum absolute atomic E-state index is 10.5. The van der Waals surface area contributed by atoms with E-state index in [-0.39, 0.29) is 0 Å². The molecule has 0 bridgehead atoms. The first kappa shape index (κ1) is 12.0. The molecule has 0 spiro atoms. The second kappa shape index (κ2) is 5.72. The zero-order valence-electron chi connectivity index (χ0n) is 9.59. The highest BCUT2D eigenvalue weighted by Gasteiger charge is 2.33. The molecule has 0 aliphatic heterocycles. The molecule has 1 atom stereocenters. The van der Waals surface area contributed by atoms with Crippen molar-refractivity contribution < 1.29 is 9.84 Å². The number of ether oxygens (including phenoxy) is 1. The normalized spacial score (nSPS) is 24.2. The van der Waals surface area contributed by atoms with Gasteiger partial charge < -0.3 is 9.84 Å². The van der Waals surface area contributed by atoms with Crippen LogP contribution in [-0.2, 0) is 4.74 Å². The molecule has 14 heavy (non-hydrogen) atoms. The van der Waals surface area contributed by atoms with Gasteiger partial charge in [0.05, 0.1) is 5.60 Å². The smallest absolute Gasteiger partial charge is 0.0674 e. The molecule has 2 nitrogen and oxygen atoms in total. The minimum Gasteiger partial charge on any atom is -0.390 e. The first-order chi connectivity index (χ1) is 6.69. The molecule has 0 aromatic heterocycles. The number of aliphatic hydroxyl groups is 1. The average molecular weight is 200 g/mol. The average Bonchev–Trinajstić information content (AvgIpc) is 2.40. The number of hydrogen-bond acceptors (Lipinski definition) is 2. The van der Waals surface area contributed by atoms with Crippen LogP contribution in [0.2, 0.25) is 0 Å². The molecule has 0 radical (unpaired) electrons. The fourth-order valence-electron chi connectivity index (χ4n) is 2.40. The molecular formula is C12H24O2. The van der Waals surface area contributed by atoms with Crippen LogP contribution in [0.5, 0.6) is 0 Å². The van der Waals surface area contributed by atoms with E-state index in [0.29, 0.717) is 5.92 Å². The van der Waals surface area contributed by atoms with Crippen LogP contribution in [-0.4, -0.2) is 24.4 Å². The molecule has 1 saturated carbocycles. The van der Waals surface area contributed by atoms with Crippen LogP contribution in [0.3, 0.4) is 0 Å². The molecule has 0 aromatic carbocycles. The maximum atomic E-state index is 10.5. The molecule has 1 aliphatic carbocycles. The Hall–Kier alpha value is -0.0800. The van der Waals surface area contributed by atoms with Crippen molar-refractivity contribution >= 4 is 0 Å². The van der Waals surface area contributed by atoms with Gasteiger partial charge in [0.15, 0.2) is 0 Å². The van der Waals surface area contributed by atoms with Crippen molar-refractivity contribution in [3.8, 4) is 0 Å². The summed E-state index contributed by atoms with van der Waals surface area (Å²) in [7, 11) is 1.73. The summed E-state index contributed by atoms with van der Waals surface area (Å²) in [6.07, 6.45) is 7.91. The lowest BCUT2D eigenvalue weighted by molar-refractivity contribution is -0.0350. The molecule has 0 aromatic rings. The zero-order valence-corrected chi connectivity index (χ0v) is 9.59. The molecule has 1 fully saturated rings. The molecule has 1 rings (SSSR count). The second-order valence-corrected chi connectivity index (χ2v) is 4.70. The summed E-state index contributed by atoms with van der Waals surface area (Å²) in [5, 5.41) is 10.5. The molecule has 0 saturated heterocycles. The van der Waals surface area contributed by atoms with Gasteiger partial charge in [0.2, 0.25) is 0 Å². The summed E-state index contributed by atoms with van der Waals surface area (Å²) in [4.78, 5) is 0. The van der Waals surface area contributed by atoms with Crippen LogP contribution in [0.25, 0.3) is 0 Å². The summed E-state index contributed by atoms with van der Waals surface area (Å²) in [6.45, 7) is 2.92. The highest BCUT2D eigenvalue weighted by molar-refractivity contribution is 4.85. The van der Waals surface area contributed by atoms with E-state index in [9.17, 15) is 5.11 Å². The van der Waals surface area contributed by atoms with E-state index in [1.54, 1.807) is 7.11 Å². The zero-order chi connectivity index (χ0) is 10.4. The quantitative estimate of drug-likeness (QED) is 0.707. The Labute approximate surface area is 87.7 Å². The van der Waals surface area contributed by atoms with E-state index in [0.717, 1.165) is 25.9 Å². The van der Waals surface area contributed by atoms with E-state index in [2.05, 4.69) is 6.92 Å². The van der Waals surface area contributed by atoms with E-state index >= 15 is 0 Å². The van der Waals surface area contributed by atoms with Gasteiger partial charge in [-0.25, -0.2) is 0 Å². The van der Waals surface area contributed by atoms with E-state index in [1.807, 2.05) is 0 Å². The first-order valence-corrected chi connectivity index (χ1v) is 5.90. The third kappa shape index (κ3) is 3.25. The summed E-state index contributed by atoms with van der Waals surface area (Å²) >= 11 is 0. The fraction of sp³-hybridized carbons (Fsp3) is 1.00. The van der Waals surface area contributed by atoms with Gasteiger partial charge in [-0.1, -0.05) is 32.6 Å². The van der Waals surface area contributed by atoms with Crippen LogP contribution in [0.15, 0.2) is 0 Å². The second-order valence-electron chi connectivity index (χ2n) is 4.70. The highest BCUT2D eigenvalue weighted by atomic mass is 16.5. The van der Waals surface area contributed by atoms with E-state index < -0.39 is 5.60 Å². The number of rotatable bonds is 4. The topological polar surface area (TPSA) is 29.5 Å². The predicted octanol–water partition coefficient (Wildman–Crippen LogP) is 2.74. The number of methoxy groups -OCH3 is 1. The van der Waals surface area contributed by atoms with Crippen molar-refractivity contribution in [2.24, 2.45) is 5.92 Å². The molecule has 1 N–H and O–H groups in total. The molecule has 0 heterocycles. The van der Waals surface area contributed by atoms with Gasteiger partial charge in [0, 0.05) is 13.7 Å². The molecule has 2 heteroatoms. The molecular weight excluding hydrogens is 176 g/mol. The minimum atomic E-state index is -0.408. The van der Waals surface area contributed by atoms with Crippen LogP contribution < -0.4 is 0 Å². The standard InChI is InChI=1S/C12H24O2/c1-11(7-10-14-2)12(13)8-5-3-4-6-9-12/h11,13H,3-10H2,1-2H3. The van der Waals surface area contributed by atoms with Gasteiger partial charge in [-0.05, 0) is 25.2 Å². The Kier molecular flexibility index (Phi) is 4.90. The molecule has 1 unspecified atom stereocenters. The summed E-state index contributed by atoms with van der Waals surface area (Å²) in [5.74, 6) is 0.376. The Morgan fingerprint density at radius 3 is 2.29 bits per heavy atom. The Morgan fingerprint density at radius 2 is 1.79 bits per heavy atom. The van der Waals surface area contributed by atoms with Gasteiger partial charge in [-0.3, -0.25) is 0 Å². The van der Waals surface area contributed by atoms with Gasteiger partial charge in [-0.15, -0.1) is 0 Å². The van der Waals surface area contributed by atoms with Crippen LogP contribution in [0, 0.1) is 5.92 Å². The Morgan fingerprint density at radius 1 is 1.21 bits per heavy atom. The summed E-state index contributed by atoms with van der Waals surface area (Å²) in [6, 6.07) is 0.